The van der Waals surface area contributed by atoms with E-state index in [4.69, 9.17) is 5.73 Å². The quantitative estimate of drug-likeness (QED) is 0.323. The Balaban J connectivity index is 1.60. The van der Waals surface area contributed by atoms with Crippen LogP contribution in [0.15, 0.2) is 77.7 Å². The third-order valence-electron chi connectivity index (χ3n) is 6.74. The van der Waals surface area contributed by atoms with Gasteiger partial charge in [0.2, 0.25) is 11.8 Å². The van der Waals surface area contributed by atoms with Gasteiger partial charge in [0.1, 0.15) is 6.04 Å². The standard InChI is InChI=1S/C30H35N5O5S/c1-30(2,31)18-27(36)33-24-17-16-22-8-4-6-10-25(22)35(28(24)37)19-20-12-14-21(15-13-20)23-9-5-7-11-26(23)41(39,40)34-29(38)32-3/h4-15,24H,16-19,31H2,1-3H3,(H,33,36)(H2,32,34,38)/t24-/m1/s1. The van der Waals surface area contributed by atoms with E-state index < -0.39 is 27.6 Å². The van der Waals surface area contributed by atoms with Crippen LogP contribution < -0.4 is 26.0 Å². The Morgan fingerprint density at radius 3 is 2.34 bits per heavy atom. The van der Waals surface area contributed by atoms with Crippen molar-refractivity contribution in [3.05, 3.63) is 83.9 Å². The van der Waals surface area contributed by atoms with Crippen LogP contribution in [0.5, 0.6) is 0 Å². The van der Waals surface area contributed by atoms with Crippen molar-refractivity contribution >= 4 is 33.6 Å². The van der Waals surface area contributed by atoms with Crippen molar-refractivity contribution in [1.82, 2.24) is 15.4 Å². The zero-order valence-electron chi connectivity index (χ0n) is 23.3. The number of sulfonamides is 1. The van der Waals surface area contributed by atoms with Crippen molar-refractivity contribution in [2.24, 2.45) is 5.73 Å². The van der Waals surface area contributed by atoms with Gasteiger partial charge in [-0.3, -0.25) is 9.59 Å². The number of nitrogens with two attached hydrogens (primary N) is 1. The fraction of sp³-hybridized carbons (Fsp3) is 0.300. The lowest BCUT2D eigenvalue weighted by molar-refractivity contribution is -0.128. The number of para-hydroxylation sites is 1. The number of nitrogens with zero attached hydrogens (tertiary/aromatic N) is 1. The van der Waals surface area contributed by atoms with Gasteiger partial charge < -0.3 is 21.3 Å². The number of amides is 4. The van der Waals surface area contributed by atoms with Crippen LogP contribution in [-0.2, 0) is 32.6 Å². The summed E-state index contributed by atoms with van der Waals surface area (Å²) in [5.74, 6) is -0.482. The summed E-state index contributed by atoms with van der Waals surface area (Å²) in [6, 6.07) is 19.8. The highest BCUT2D eigenvalue weighted by Gasteiger charge is 2.32. The van der Waals surface area contributed by atoms with Crippen molar-refractivity contribution < 1.29 is 22.8 Å². The Morgan fingerprint density at radius 1 is 1.00 bits per heavy atom. The zero-order chi connectivity index (χ0) is 29.8. The van der Waals surface area contributed by atoms with Crippen LogP contribution >= 0.6 is 0 Å². The first kappa shape index (κ1) is 29.8. The molecule has 11 heteroatoms. The number of nitrogens with one attached hydrogen (secondary N) is 3. The van der Waals surface area contributed by atoms with Crippen LogP contribution in [0, 0.1) is 0 Å². The average molecular weight is 578 g/mol. The maximum atomic E-state index is 13.7. The molecule has 0 radical (unpaired) electrons. The SMILES string of the molecule is CNC(=O)NS(=O)(=O)c1ccccc1-c1ccc(CN2C(=O)[C@H](NC(=O)CC(C)(C)N)CCc3ccccc32)cc1. The maximum absolute atomic E-state index is 13.7. The summed E-state index contributed by atoms with van der Waals surface area (Å²) in [7, 11) is -2.78. The zero-order valence-corrected chi connectivity index (χ0v) is 24.1. The van der Waals surface area contributed by atoms with Crippen LogP contribution in [0.4, 0.5) is 10.5 Å². The van der Waals surface area contributed by atoms with Crippen molar-refractivity contribution in [3.63, 3.8) is 0 Å². The molecular formula is C30H35N5O5S. The molecule has 0 aromatic heterocycles. The Hall–Kier alpha value is -4.22. The molecule has 0 saturated carbocycles. The maximum Gasteiger partial charge on any atom is 0.328 e. The first-order chi connectivity index (χ1) is 19.4. The molecule has 4 rings (SSSR count). The topological polar surface area (TPSA) is 151 Å². The number of fused-ring (bicyclic) bond motifs is 1. The van der Waals surface area contributed by atoms with E-state index in [2.05, 4.69) is 10.6 Å². The molecule has 41 heavy (non-hydrogen) atoms. The van der Waals surface area contributed by atoms with Gasteiger partial charge in [-0.2, -0.15) is 0 Å². The fourth-order valence-corrected chi connectivity index (χ4v) is 6.00. The van der Waals surface area contributed by atoms with Gasteiger partial charge in [-0.1, -0.05) is 60.7 Å². The van der Waals surface area contributed by atoms with Crippen LogP contribution in [0.1, 0.15) is 37.8 Å². The molecule has 216 valence electrons. The molecule has 3 aromatic carbocycles. The van der Waals surface area contributed by atoms with E-state index >= 15 is 0 Å². The minimum Gasteiger partial charge on any atom is -0.344 e. The van der Waals surface area contributed by atoms with Crippen molar-refractivity contribution in [3.8, 4) is 11.1 Å². The Morgan fingerprint density at radius 2 is 1.66 bits per heavy atom. The monoisotopic (exact) mass is 577 g/mol. The van der Waals surface area contributed by atoms with Gasteiger partial charge >= 0.3 is 6.03 Å². The first-order valence-electron chi connectivity index (χ1n) is 13.3. The summed E-state index contributed by atoms with van der Waals surface area (Å²) in [5.41, 5.74) is 8.98. The highest BCUT2D eigenvalue weighted by atomic mass is 32.2. The van der Waals surface area contributed by atoms with Crippen molar-refractivity contribution in [2.75, 3.05) is 11.9 Å². The molecule has 0 spiro atoms. The smallest absolute Gasteiger partial charge is 0.328 e. The molecule has 3 aromatic rings. The summed E-state index contributed by atoms with van der Waals surface area (Å²) >= 11 is 0. The van der Waals surface area contributed by atoms with Gasteiger partial charge in [0.05, 0.1) is 11.4 Å². The Labute approximate surface area is 240 Å². The van der Waals surface area contributed by atoms with E-state index in [1.807, 2.05) is 41.1 Å². The molecule has 5 N–H and O–H groups in total. The minimum absolute atomic E-state index is 0.0350. The lowest BCUT2D eigenvalue weighted by Gasteiger charge is -2.27. The molecule has 1 heterocycles. The molecule has 1 atom stereocenters. The number of benzene rings is 3. The first-order valence-corrected chi connectivity index (χ1v) is 14.8. The van der Waals surface area contributed by atoms with Gasteiger partial charge in [-0.15, -0.1) is 0 Å². The molecule has 0 aliphatic carbocycles. The molecule has 0 saturated heterocycles. The van der Waals surface area contributed by atoms with E-state index in [1.54, 1.807) is 49.1 Å². The van der Waals surface area contributed by atoms with Gasteiger partial charge in [-0.25, -0.2) is 17.9 Å². The van der Waals surface area contributed by atoms with Crippen molar-refractivity contribution in [1.29, 1.82) is 0 Å². The number of rotatable bonds is 8. The molecule has 1 aliphatic heterocycles. The number of anilines is 1. The van der Waals surface area contributed by atoms with Crippen molar-refractivity contribution in [2.45, 2.75) is 56.1 Å². The summed E-state index contributed by atoms with van der Waals surface area (Å²) in [6.07, 6.45) is 1.20. The molecule has 0 bridgehead atoms. The summed E-state index contributed by atoms with van der Waals surface area (Å²) < 4.78 is 27.7. The largest absolute Gasteiger partial charge is 0.344 e. The van der Waals surface area contributed by atoms with E-state index in [1.165, 1.54) is 13.1 Å². The summed E-state index contributed by atoms with van der Waals surface area (Å²) in [4.78, 5) is 39.7. The lowest BCUT2D eigenvalue weighted by atomic mass is 10.0. The third-order valence-corrected chi connectivity index (χ3v) is 8.13. The second kappa shape index (κ2) is 12.1. The third kappa shape index (κ3) is 7.30. The molecule has 4 amide bonds. The number of carbonyl (C=O) groups is 3. The number of urea groups is 1. The molecule has 0 unspecified atom stereocenters. The molecule has 10 nitrogen and oxygen atoms in total. The highest BCUT2D eigenvalue weighted by molar-refractivity contribution is 7.90. The van der Waals surface area contributed by atoms with Gasteiger partial charge in [0, 0.05) is 30.3 Å². The lowest BCUT2D eigenvalue weighted by Crippen LogP contribution is -2.49. The molecule has 1 aliphatic rings. The van der Waals surface area contributed by atoms with E-state index in [0.717, 1.165) is 16.8 Å². The second-order valence-corrected chi connectivity index (χ2v) is 12.4. The van der Waals surface area contributed by atoms with E-state index in [-0.39, 0.29) is 29.7 Å². The fourth-order valence-electron chi connectivity index (χ4n) is 4.81. The second-order valence-electron chi connectivity index (χ2n) is 10.8. The highest BCUT2D eigenvalue weighted by Crippen LogP contribution is 2.31. The van der Waals surface area contributed by atoms with Crippen LogP contribution in [-0.4, -0.2) is 44.9 Å². The number of aryl methyl sites for hydroxylation is 1. The van der Waals surface area contributed by atoms with E-state index in [0.29, 0.717) is 24.0 Å². The Kier molecular flexibility index (Phi) is 8.79. The Bertz CT molecular complexity index is 1550. The van der Waals surface area contributed by atoms with Gasteiger partial charge in [-0.05, 0) is 55.5 Å². The average Bonchev–Trinajstić information content (AvgIpc) is 3.04. The summed E-state index contributed by atoms with van der Waals surface area (Å²) in [6.45, 7) is 3.78. The van der Waals surface area contributed by atoms with Crippen LogP contribution in [0.2, 0.25) is 0 Å². The van der Waals surface area contributed by atoms with Gasteiger partial charge in [0.15, 0.2) is 0 Å². The number of hydrogen-bond donors (Lipinski definition) is 4. The summed E-state index contributed by atoms with van der Waals surface area (Å²) in [5, 5.41) is 5.13. The normalized spacial score (nSPS) is 15.5. The molecule has 0 fully saturated rings. The molecular weight excluding hydrogens is 542 g/mol. The predicted molar refractivity (Wildman–Crippen MR) is 157 cm³/mol. The van der Waals surface area contributed by atoms with Crippen LogP contribution in [0.3, 0.4) is 0 Å². The predicted octanol–water partition coefficient (Wildman–Crippen LogP) is 3.06. The van der Waals surface area contributed by atoms with E-state index in [9.17, 15) is 22.8 Å². The minimum atomic E-state index is -4.11. The van der Waals surface area contributed by atoms with Gasteiger partial charge in [0.25, 0.3) is 10.0 Å². The number of hydrogen-bond acceptors (Lipinski definition) is 6. The van der Waals surface area contributed by atoms with Crippen LogP contribution in [0.25, 0.3) is 11.1 Å². The number of carbonyl (C=O) groups excluding carboxylic acids is 3.